The fraction of sp³-hybridized carbons (Fsp3) is 0.200. The van der Waals surface area contributed by atoms with Crippen molar-refractivity contribution in [1.29, 1.82) is 0 Å². The summed E-state index contributed by atoms with van der Waals surface area (Å²) in [4.78, 5) is 11.9. The van der Waals surface area contributed by atoms with E-state index in [4.69, 9.17) is 9.47 Å². The molecule has 0 radical (unpaired) electrons. The summed E-state index contributed by atoms with van der Waals surface area (Å²) in [6, 6.07) is 3.40. The van der Waals surface area contributed by atoms with Gasteiger partial charge in [-0.2, -0.15) is 5.10 Å². The number of benzene rings is 1. The fourth-order valence-electron chi connectivity index (χ4n) is 1.50. The Morgan fingerprint density at radius 1 is 1.25 bits per heavy atom. The molecule has 1 N–H and O–H groups in total. The lowest BCUT2D eigenvalue weighted by molar-refractivity contribution is 0.409. The van der Waals surface area contributed by atoms with Crippen molar-refractivity contribution in [1.82, 2.24) is 10.2 Å². The van der Waals surface area contributed by atoms with Crippen LogP contribution < -0.4 is 14.9 Å². The van der Waals surface area contributed by atoms with Gasteiger partial charge in [-0.05, 0) is 28.1 Å². The quantitative estimate of drug-likeness (QED) is 0.912. The zero-order valence-electron chi connectivity index (χ0n) is 8.70. The van der Waals surface area contributed by atoms with Crippen molar-refractivity contribution < 1.29 is 9.47 Å². The van der Waals surface area contributed by atoms with Crippen molar-refractivity contribution in [2.45, 2.75) is 0 Å². The second kappa shape index (κ2) is 4.13. The SMILES string of the molecule is COc1ccc(OC)c2c(=O)c(Br)n[nH]c12. The average Bonchev–Trinajstić information content (AvgIpc) is 2.32. The summed E-state index contributed by atoms with van der Waals surface area (Å²) in [5.74, 6) is 1.04. The summed E-state index contributed by atoms with van der Waals surface area (Å²) in [5.41, 5.74) is 0.291. The van der Waals surface area contributed by atoms with E-state index in [2.05, 4.69) is 26.1 Å². The summed E-state index contributed by atoms with van der Waals surface area (Å²) in [6.45, 7) is 0. The first-order chi connectivity index (χ1) is 7.69. The number of fused-ring (bicyclic) bond motifs is 1. The van der Waals surface area contributed by atoms with Crippen LogP contribution in [0.25, 0.3) is 10.9 Å². The third-order valence-electron chi connectivity index (χ3n) is 2.25. The number of methoxy groups -OCH3 is 2. The van der Waals surface area contributed by atoms with Crippen LogP contribution in [-0.4, -0.2) is 24.4 Å². The highest BCUT2D eigenvalue weighted by Gasteiger charge is 2.13. The van der Waals surface area contributed by atoms with Gasteiger partial charge < -0.3 is 9.47 Å². The van der Waals surface area contributed by atoms with Gasteiger partial charge in [0.1, 0.15) is 17.0 Å². The molecule has 16 heavy (non-hydrogen) atoms. The Labute approximate surface area is 99.5 Å². The number of hydrogen-bond acceptors (Lipinski definition) is 4. The average molecular weight is 285 g/mol. The van der Waals surface area contributed by atoms with E-state index in [0.717, 1.165) is 0 Å². The third kappa shape index (κ3) is 1.55. The number of H-pyrrole nitrogens is 1. The number of halogens is 1. The first-order valence-electron chi connectivity index (χ1n) is 4.48. The molecule has 5 nitrogen and oxygen atoms in total. The second-order valence-electron chi connectivity index (χ2n) is 3.06. The Hall–Kier alpha value is -1.56. The number of ether oxygens (including phenoxy) is 2. The molecule has 0 spiro atoms. The van der Waals surface area contributed by atoms with Crippen LogP contribution in [0.3, 0.4) is 0 Å². The van der Waals surface area contributed by atoms with Crippen molar-refractivity contribution in [2.24, 2.45) is 0 Å². The van der Waals surface area contributed by atoms with Crippen LogP contribution >= 0.6 is 15.9 Å². The van der Waals surface area contributed by atoms with Crippen LogP contribution in [0.5, 0.6) is 11.5 Å². The van der Waals surface area contributed by atoms with E-state index >= 15 is 0 Å². The van der Waals surface area contributed by atoms with Gasteiger partial charge in [0.25, 0.3) is 0 Å². The Kier molecular flexibility index (Phi) is 2.82. The standard InChI is InChI=1S/C10H9BrN2O3/c1-15-5-3-4-6(16-2)8-7(5)9(14)10(11)13-12-8/h3-4H,1-2H3,(H,12,14). The molecule has 0 fully saturated rings. The summed E-state index contributed by atoms with van der Waals surface area (Å²) < 4.78 is 10.5. The Balaban J connectivity index is 2.96. The summed E-state index contributed by atoms with van der Waals surface area (Å²) >= 11 is 3.07. The molecule has 1 heterocycles. The van der Waals surface area contributed by atoms with Crippen molar-refractivity contribution in [3.05, 3.63) is 27.0 Å². The molecule has 6 heteroatoms. The van der Waals surface area contributed by atoms with Gasteiger partial charge in [-0.1, -0.05) is 0 Å². The molecule has 2 rings (SSSR count). The minimum atomic E-state index is -0.232. The smallest absolute Gasteiger partial charge is 0.226 e. The largest absolute Gasteiger partial charge is 0.496 e. The van der Waals surface area contributed by atoms with Crippen LogP contribution in [-0.2, 0) is 0 Å². The maximum atomic E-state index is 11.9. The Morgan fingerprint density at radius 3 is 2.50 bits per heavy atom. The molecule has 1 aromatic heterocycles. The molecule has 0 saturated carbocycles. The number of aromatic nitrogens is 2. The van der Waals surface area contributed by atoms with E-state index in [1.54, 1.807) is 12.1 Å². The fourth-order valence-corrected chi connectivity index (χ4v) is 1.79. The molecule has 0 aliphatic carbocycles. The van der Waals surface area contributed by atoms with E-state index in [1.807, 2.05) is 0 Å². The summed E-state index contributed by atoms with van der Waals surface area (Å²) in [5, 5.41) is 7.01. The molecule has 1 aromatic carbocycles. The van der Waals surface area contributed by atoms with Gasteiger partial charge in [-0.3, -0.25) is 9.89 Å². The highest BCUT2D eigenvalue weighted by atomic mass is 79.9. The number of nitrogens with one attached hydrogen (secondary N) is 1. The van der Waals surface area contributed by atoms with Crippen LogP contribution in [0.4, 0.5) is 0 Å². The normalized spacial score (nSPS) is 10.4. The van der Waals surface area contributed by atoms with E-state index in [1.165, 1.54) is 14.2 Å². The lowest BCUT2D eigenvalue weighted by Gasteiger charge is -2.08. The Morgan fingerprint density at radius 2 is 1.88 bits per heavy atom. The molecule has 0 saturated heterocycles. The first kappa shape index (κ1) is 10.9. The van der Waals surface area contributed by atoms with Gasteiger partial charge in [0.15, 0.2) is 4.60 Å². The molecular weight excluding hydrogens is 276 g/mol. The maximum absolute atomic E-state index is 11.9. The lowest BCUT2D eigenvalue weighted by atomic mass is 10.2. The number of aromatic amines is 1. The molecule has 84 valence electrons. The molecule has 0 aliphatic rings. The Bertz CT molecular complexity index is 594. The first-order valence-corrected chi connectivity index (χ1v) is 5.27. The third-order valence-corrected chi connectivity index (χ3v) is 2.79. The highest BCUT2D eigenvalue weighted by Crippen LogP contribution is 2.29. The van der Waals surface area contributed by atoms with Gasteiger partial charge in [0.2, 0.25) is 5.43 Å². The van der Waals surface area contributed by atoms with Crippen molar-refractivity contribution in [3.8, 4) is 11.5 Å². The summed E-state index contributed by atoms with van der Waals surface area (Å²) in [7, 11) is 3.04. The molecule has 0 unspecified atom stereocenters. The minimum absolute atomic E-state index is 0.214. The van der Waals surface area contributed by atoms with Gasteiger partial charge in [-0.15, -0.1) is 0 Å². The second-order valence-corrected chi connectivity index (χ2v) is 3.81. The number of nitrogens with zero attached hydrogens (tertiary/aromatic N) is 1. The molecule has 0 atom stereocenters. The van der Waals surface area contributed by atoms with Crippen LogP contribution in [0.1, 0.15) is 0 Å². The molecule has 2 aromatic rings. The molecular formula is C10H9BrN2O3. The van der Waals surface area contributed by atoms with Crippen molar-refractivity contribution in [2.75, 3.05) is 14.2 Å². The number of hydrogen-bond donors (Lipinski definition) is 1. The van der Waals surface area contributed by atoms with Gasteiger partial charge in [0, 0.05) is 0 Å². The van der Waals surface area contributed by atoms with E-state index in [9.17, 15) is 4.79 Å². The van der Waals surface area contributed by atoms with Crippen molar-refractivity contribution in [3.63, 3.8) is 0 Å². The highest BCUT2D eigenvalue weighted by molar-refractivity contribution is 9.10. The topological polar surface area (TPSA) is 64.2 Å². The predicted molar refractivity (Wildman–Crippen MR) is 63.2 cm³/mol. The lowest BCUT2D eigenvalue weighted by Crippen LogP contribution is -2.09. The molecule has 0 amide bonds. The van der Waals surface area contributed by atoms with E-state index < -0.39 is 0 Å². The van der Waals surface area contributed by atoms with E-state index in [-0.39, 0.29) is 10.0 Å². The van der Waals surface area contributed by atoms with Gasteiger partial charge in [0.05, 0.1) is 19.6 Å². The zero-order valence-corrected chi connectivity index (χ0v) is 10.3. The van der Waals surface area contributed by atoms with Gasteiger partial charge >= 0.3 is 0 Å². The van der Waals surface area contributed by atoms with Crippen LogP contribution in [0.2, 0.25) is 0 Å². The maximum Gasteiger partial charge on any atom is 0.226 e. The molecule has 0 aliphatic heterocycles. The number of rotatable bonds is 2. The zero-order chi connectivity index (χ0) is 11.7. The van der Waals surface area contributed by atoms with Crippen molar-refractivity contribution >= 4 is 26.8 Å². The van der Waals surface area contributed by atoms with Crippen LogP contribution in [0, 0.1) is 0 Å². The minimum Gasteiger partial charge on any atom is -0.496 e. The molecule has 0 bridgehead atoms. The monoisotopic (exact) mass is 284 g/mol. The van der Waals surface area contributed by atoms with Crippen LogP contribution in [0.15, 0.2) is 21.5 Å². The van der Waals surface area contributed by atoms with Gasteiger partial charge in [-0.25, -0.2) is 0 Å². The summed E-state index contributed by atoms with van der Waals surface area (Å²) in [6.07, 6.45) is 0. The van der Waals surface area contributed by atoms with E-state index in [0.29, 0.717) is 22.4 Å². The predicted octanol–water partition coefficient (Wildman–Crippen LogP) is 1.70.